The first kappa shape index (κ1) is 23.1. The number of anilines is 2. The van der Waals surface area contributed by atoms with Crippen molar-refractivity contribution < 1.29 is 18.9 Å². The Hall–Kier alpha value is -4.05. The van der Waals surface area contributed by atoms with Gasteiger partial charge in [-0.2, -0.15) is 0 Å². The lowest BCUT2D eigenvalue weighted by atomic mass is 10.2. The van der Waals surface area contributed by atoms with E-state index < -0.39 is 22.0 Å². The molecule has 174 valence electrons. The van der Waals surface area contributed by atoms with Crippen molar-refractivity contribution >= 4 is 40.0 Å². The highest BCUT2D eigenvalue weighted by Gasteiger charge is 2.25. The van der Waals surface area contributed by atoms with Gasteiger partial charge in [0.1, 0.15) is 0 Å². The Labute approximate surface area is 198 Å². The number of carboxylic acids is 1. The van der Waals surface area contributed by atoms with E-state index in [4.69, 9.17) is 0 Å². The van der Waals surface area contributed by atoms with Crippen molar-refractivity contribution in [2.45, 2.75) is 16.6 Å². The van der Waals surface area contributed by atoms with E-state index in [1.54, 1.807) is 66.7 Å². The SMILES string of the molecule is O=C(O)C[C@@H](c1ccccn1)S(=O)c1cccc(NC(=O)c2ccc(NC3=NCCN3)cc2)c1. The standard InChI is InChI=1S/C24H23N5O4S/c30-22(31)15-21(20-6-1-2-11-25-20)34(33)19-5-3-4-18(14-19)28-23(32)16-7-9-17(10-8-16)29-24-26-12-13-27-24/h1-11,14,21H,12-13,15H2,(H,28,32)(H,30,31)(H2,26,27,29)/t21-,34?/m0/s1. The van der Waals surface area contributed by atoms with Crippen LogP contribution >= 0.6 is 0 Å². The summed E-state index contributed by atoms with van der Waals surface area (Å²) in [4.78, 5) is 33.0. The molecular weight excluding hydrogens is 454 g/mol. The van der Waals surface area contributed by atoms with E-state index in [9.17, 15) is 18.9 Å². The summed E-state index contributed by atoms with van der Waals surface area (Å²) >= 11 is 0. The van der Waals surface area contributed by atoms with E-state index >= 15 is 0 Å². The summed E-state index contributed by atoms with van der Waals surface area (Å²) in [5.74, 6) is -0.686. The van der Waals surface area contributed by atoms with Gasteiger partial charge in [0.05, 0.1) is 34.7 Å². The van der Waals surface area contributed by atoms with Crippen LogP contribution in [0.4, 0.5) is 11.4 Å². The summed E-state index contributed by atoms with van der Waals surface area (Å²) in [5, 5.41) is 17.6. The summed E-state index contributed by atoms with van der Waals surface area (Å²) < 4.78 is 13.2. The van der Waals surface area contributed by atoms with Gasteiger partial charge in [-0.3, -0.25) is 23.8 Å². The highest BCUT2D eigenvalue weighted by atomic mass is 32.2. The number of amides is 1. The zero-order valence-electron chi connectivity index (χ0n) is 18.1. The van der Waals surface area contributed by atoms with Crippen LogP contribution in [0.5, 0.6) is 0 Å². The van der Waals surface area contributed by atoms with Gasteiger partial charge >= 0.3 is 5.97 Å². The Bertz CT molecular complexity index is 1230. The second-order valence-electron chi connectivity index (χ2n) is 7.48. The maximum absolute atomic E-state index is 13.2. The van der Waals surface area contributed by atoms with Crippen LogP contribution in [-0.4, -0.2) is 45.2 Å². The van der Waals surface area contributed by atoms with Gasteiger partial charge in [0, 0.05) is 34.6 Å². The number of hydrogen-bond donors (Lipinski definition) is 4. The van der Waals surface area contributed by atoms with E-state index in [0.717, 1.165) is 18.8 Å². The van der Waals surface area contributed by atoms with Gasteiger partial charge in [0.25, 0.3) is 5.91 Å². The number of aliphatic imine (C=N–C) groups is 1. The minimum atomic E-state index is -1.69. The molecule has 0 saturated carbocycles. The van der Waals surface area contributed by atoms with Crippen LogP contribution in [0.15, 0.2) is 82.8 Å². The molecular formula is C24H23N5O4S. The molecule has 10 heteroatoms. The van der Waals surface area contributed by atoms with Crippen LogP contribution in [0.3, 0.4) is 0 Å². The number of hydrogen-bond acceptors (Lipinski definition) is 7. The van der Waals surface area contributed by atoms with Crippen molar-refractivity contribution in [3.05, 3.63) is 84.2 Å². The number of benzene rings is 2. The van der Waals surface area contributed by atoms with Gasteiger partial charge in [0.15, 0.2) is 5.96 Å². The Morgan fingerprint density at radius 2 is 1.88 bits per heavy atom. The first-order chi connectivity index (χ1) is 16.5. The second-order valence-corrected chi connectivity index (χ2v) is 9.12. The third-order valence-electron chi connectivity index (χ3n) is 5.04. The van der Waals surface area contributed by atoms with Crippen LogP contribution in [0.25, 0.3) is 0 Å². The molecule has 1 aliphatic heterocycles. The van der Waals surface area contributed by atoms with Crippen LogP contribution in [-0.2, 0) is 15.6 Å². The first-order valence-electron chi connectivity index (χ1n) is 10.6. The number of carbonyl (C=O) groups excluding carboxylic acids is 1. The lowest BCUT2D eigenvalue weighted by Gasteiger charge is -2.15. The summed E-state index contributed by atoms with van der Waals surface area (Å²) in [5.41, 5.74) is 2.15. The number of aromatic nitrogens is 1. The molecule has 9 nitrogen and oxygen atoms in total. The molecule has 0 bridgehead atoms. The molecule has 1 aromatic heterocycles. The van der Waals surface area contributed by atoms with Crippen molar-refractivity contribution in [2.75, 3.05) is 23.7 Å². The molecule has 2 heterocycles. The Balaban J connectivity index is 1.46. The van der Waals surface area contributed by atoms with E-state index in [-0.39, 0.29) is 12.3 Å². The van der Waals surface area contributed by atoms with E-state index in [2.05, 4.69) is 25.9 Å². The van der Waals surface area contributed by atoms with Crippen LogP contribution in [0, 0.1) is 0 Å². The van der Waals surface area contributed by atoms with E-state index in [1.807, 2.05) is 0 Å². The smallest absolute Gasteiger partial charge is 0.304 e. The molecule has 0 spiro atoms. The largest absolute Gasteiger partial charge is 0.481 e. The van der Waals surface area contributed by atoms with Gasteiger partial charge in [0.2, 0.25) is 0 Å². The summed E-state index contributed by atoms with van der Waals surface area (Å²) in [6, 6.07) is 18.6. The lowest BCUT2D eigenvalue weighted by molar-refractivity contribution is -0.137. The summed E-state index contributed by atoms with van der Waals surface area (Å²) in [6.07, 6.45) is 1.21. The van der Waals surface area contributed by atoms with Crippen LogP contribution < -0.4 is 16.0 Å². The molecule has 4 rings (SSSR count). The van der Waals surface area contributed by atoms with Crippen molar-refractivity contribution in [1.82, 2.24) is 10.3 Å². The summed E-state index contributed by atoms with van der Waals surface area (Å²) in [6.45, 7) is 1.52. The number of nitrogens with one attached hydrogen (secondary N) is 3. The highest BCUT2D eigenvalue weighted by molar-refractivity contribution is 7.85. The van der Waals surface area contributed by atoms with E-state index in [1.165, 1.54) is 6.20 Å². The minimum absolute atomic E-state index is 0.322. The Kier molecular flexibility index (Phi) is 7.28. The van der Waals surface area contributed by atoms with Crippen molar-refractivity contribution in [1.29, 1.82) is 0 Å². The third-order valence-corrected chi connectivity index (χ3v) is 6.69. The van der Waals surface area contributed by atoms with Crippen molar-refractivity contribution in [2.24, 2.45) is 4.99 Å². The quantitative estimate of drug-likeness (QED) is 0.392. The normalized spacial score (nSPS) is 14.4. The zero-order chi connectivity index (χ0) is 23.9. The van der Waals surface area contributed by atoms with Crippen LogP contribution in [0.1, 0.15) is 27.7 Å². The van der Waals surface area contributed by atoms with Gasteiger partial charge in [-0.05, 0) is 54.6 Å². The highest BCUT2D eigenvalue weighted by Crippen LogP contribution is 2.28. The fraction of sp³-hybridized carbons (Fsp3) is 0.167. The maximum Gasteiger partial charge on any atom is 0.304 e. The predicted octanol–water partition coefficient (Wildman–Crippen LogP) is 3.03. The number of nitrogens with zero attached hydrogens (tertiary/aromatic N) is 2. The van der Waals surface area contributed by atoms with Gasteiger partial charge in [-0.25, -0.2) is 0 Å². The van der Waals surface area contributed by atoms with Crippen molar-refractivity contribution in [3.8, 4) is 0 Å². The average Bonchev–Trinajstić information content (AvgIpc) is 3.36. The van der Waals surface area contributed by atoms with E-state index in [0.29, 0.717) is 27.8 Å². The molecule has 2 atom stereocenters. The van der Waals surface area contributed by atoms with Gasteiger partial charge < -0.3 is 21.1 Å². The fourth-order valence-electron chi connectivity index (χ4n) is 3.40. The molecule has 0 fully saturated rings. The number of pyridine rings is 1. The second kappa shape index (κ2) is 10.7. The Morgan fingerprint density at radius 3 is 2.56 bits per heavy atom. The topological polar surface area (TPSA) is 133 Å². The molecule has 2 aromatic carbocycles. The van der Waals surface area contributed by atoms with Crippen LogP contribution in [0.2, 0.25) is 0 Å². The molecule has 3 aromatic rings. The molecule has 4 N–H and O–H groups in total. The predicted molar refractivity (Wildman–Crippen MR) is 130 cm³/mol. The summed E-state index contributed by atoms with van der Waals surface area (Å²) in [7, 11) is -1.69. The molecule has 1 amide bonds. The Morgan fingerprint density at radius 1 is 1.06 bits per heavy atom. The number of aliphatic carboxylic acids is 1. The monoisotopic (exact) mass is 477 g/mol. The fourth-order valence-corrected chi connectivity index (χ4v) is 4.84. The lowest BCUT2D eigenvalue weighted by Crippen LogP contribution is -2.26. The maximum atomic E-state index is 13.2. The molecule has 1 unspecified atom stereocenters. The number of carboxylic acid groups (broad SMARTS) is 1. The van der Waals surface area contributed by atoms with Crippen molar-refractivity contribution in [3.63, 3.8) is 0 Å². The van der Waals surface area contributed by atoms with Gasteiger partial charge in [-0.15, -0.1) is 0 Å². The number of rotatable bonds is 8. The number of guanidine groups is 1. The third kappa shape index (κ3) is 5.84. The van der Waals surface area contributed by atoms with Gasteiger partial charge in [-0.1, -0.05) is 12.1 Å². The molecule has 0 saturated heterocycles. The molecule has 34 heavy (non-hydrogen) atoms. The molecule has 0 aliphatic carbocycles. The average molecular weight is 478 g/mol. The first-order valence-corrected chi connectivity index (χ1v) is 11.8. The zero-order valence-corrected chi connectivity index (χ0v) is 18.9. The number of carbonyl (C=O) groups is 2. The minimum Gasteiger partial charge on any atom is -0.481 e. The molecule has 0 radical (unpaired) electrons. The molecule has 1 aliphatic rings.